The number of aromatic nitrogens is 2. The third-order valence-electron chi connectivity index (χ3n) is 2.97. The Bertz CT molecular complexity index is 546. The van der Waals surface area contributed by atoms with Crippen LogP contribution in [0, 0.1) is 0 Å². The number of benzene rings is 1. The standard InChI is InChI=1S/C15H18N2O2/c1-11(2)17-9-8-13(16-17)10-14(18)15(19)12-6-4-3-5-7-12/h3-9,11,15,19H,10H2,1-2H3. The van der Waals surface area contributed by atoms with Crippen LogP contribution in [0.1, 0.15) is 37.3 Å². The zero-order chi connectivity index (χ0) is 13.8. The average Bonchev–Trinajstić information content (AvgIpc) is 2.87. The highest BCUT2D eigenvalue weighted by atomic mass is 16.3. The number of carbonyl (C=O) groups excluding carboxylic acids is 1. The highest BCUT2D eigenvalue weighted by Gasteiger charge is 2.18. The van der Waals surface area contributed by atoms with Crippen LogP contribution in [0.4, 0.5) is 0 Å². The SMILES string of the molecule is CC(C)n1ccc(CC(=O)C(O)c2ccccc2)n1. The van der Waals surface area contributed by atoms with Gasteiger partial charge in [-0.2, -0.15) is 5.10 Å². The number of hydrogen-bond donors (Lipinski definition) is 1. The Hall–Kier alpha value is -1.94. The molecule has 4 nitrogen and oxygen atoms in total. The van der Waals surface area contributed by atoms with E-state index in [1.54, 1.807) is 28.9 Å². The molecule has 0 aliphatic heterocycles. The van der Waals surface area contributed by atoms with Crippen molar-refractivity contribution in [1.29, 1.82) is 0 Å². The van der Waals surface area contributed by atoms with Gasteiger partial charge in [0.2, 0.25) is 0 Å². The molecule has 1 aromatic heterocycles. The summed E-state index contributed by atoms with van der Waals surface area (Å²) < 4.78 is 1.80. The van der Waals surface area contributed by atoms with Gasteiger partial charge in [0, 0.05) is 12.2 Å². The molecule has 0 spiro atoms. The van der Waals surface area contributed by atoms with E-state index in [0.717, 1.165) is 0 Å². The molecule has 0 radical (unpaired) electrons. The number of aliphatic hydroxyl groups is 1. The van der Waals surface area contributed by atoms with Gasteiger partial charge in [-0.25, -0.2) is 0 Å². The molecule has 2 aromatic rings. The van der Waals surface area contributed by atoms with Crippen LogP contribution in [0.25, 0.3) is 0 Å². The van der Waals surface area contributed by atoms with Crippen LogP contribution in [0.5, 0.6) is 0 Å². The molecule has 0 fully saturated rings. The third kappa shape index (κ3) is 3.29. The molecule has 0 bridgehead atoms. The van der Waals surface area contributed by atoms with Crippen LogP contribution < -0.4 is 0 Å². The molecule has 0 aliphatic rings. The Balaban J connectivity index is 2.04. The summed E-state index contributed by atoms with van der Waals surface area (Å²) in [6.07, 6.45) is 0.920. The fraction of sp³-hybridized carbons (Fsp3) is 0.333. The molecule has 1 N–H and O–H groups in total. The summed E-state index contributed by atoms with van der Waals surface area (Å²) in [6.45, 7) is 4.05. The largest absolute Gasteiger partial charge is 0.381 e. The normalized spacial score (nSPS) is 12.6. The van der Waals surface area contributed by atoms with E-state index in [1.807, 2.05) is 32.2 Å². The Labute approximate surface area is 112 Å². The lowest BCUT2D eigenvalue weighted by molar-refractivity contribution is -0.126. The van der Waals surface area contributed by atoms with Crippen LogP contribution >= 0.6 is 0 Å². The molecule has 0 saturated carbocycles. The molecule has 2 rings (SSSR count). The van der Waals surface area contributed by atoms with E-state index in [2.05, 4.69) is 5.10 Å². The number of aliphatic hydroxyl groups excluding tert-OH is 1. The summed E-state index contributed by atoms with van der Waals surface area (Å²) in [6, 6.07) is 11.0. The maximum atomic E-state index is 12.0. The van der Waals surface area contributed by atoms with Gasteiger partial charge in [-0.1, -0.05) is 30.3 Å². The summed E-state index contributed by atoms with van der Waals surface area (Å²) in [5, 5.41) is 14.3. The van der Waals surface area contributed by atoms with E-state index in [9.17, 15) is 9.90 Å². The smallest absolute Gasteiger partial charge is 0.171 e. The second-order valence-electron chi connectivity index (χ2n) is 4.84. The number of rotatable bonds is 5. The highest BCUT2D eigenvalue weighted by Crippen LogP contribution is 2.15. The molecule has 0 aliphatic carbocycles. The van der Waals surface area contributed by atoms with Crippen molar-refractivity contribution < 1.29 is 9.90 Å². The van der Waals surface area contributed by atoms with Gasteiger partial charge in [-0.05, 0) is 25.5 Å². The molecule has 19 heavy (non-hydrogen) atoms. The molecular formula is C15H18N2O2. The molecule has 0 saturated heterocycles. The van der Waals surface area contributed by atoms with Crippen LogP contribution in [0.2, 0.25) is 0 Å². The fourth-order valence-corrected chi connectivity index (χ4v) is 1.86. The Morgan fingerprint density at radius 1 is 1.26 bits per heavy atom. The van der Waals surface area contributed by atoms with Crippen LogP contribution in [-0.2, 0) is 11.2 Å². The first-order valence-electron chi connectivity index (χ1n) is 6.37. The molecular weight excluding hydrogens is 240 g/mol. The minimum absolute atomic E-state index is 0.149. The van der Waals surface area contributed by atoms with E-state index in [1.165, 1.54) is 0 Å². The van der Waals surface area contributed by atoms with Gasteiger partial charge in [0.15, 0.2) is 5.78 Å². The molecule has 1 unspecified atom stereocenters. The van der Waals surface area contributed by atoms with Gasteiger partial charge in [0.1, 0.15) is 6.10 Å². The van der Waals surface area contributed by atoms with Crippen molar-refractivity contribution in [3.8, 4) is 0 Å². The van der Waals surface area contributed by atoms with Crippen molar-refractivity contribution in [2.75, 3.05) is 0 Å². The summed E-state index contributed by atoms with van der Waals surface area (Å²) in [5.41, 5.74) is 1.31. The number of hydrogen-bond acceptors (Lipinski definition) is 3. The Morgan fingerprint density at radius 3 is 2.53 bits per heavy atom. The zero-order valence-corrected chi connectivity index (χ0v) is 11.2. The van der Waals surface area contributed by atoms with Crippen molar-refractivity contribution in [2.45, 2.75) is 32.4 Å². The monoisotopic (exact) mass is 258 g/mol. The molecule has 100 valence electrons. The molecule has 1 aromatic carbocycles. The van der Waals surface area contributed by atoms with Gasteiger partial charge in [0.25, 0.3) is 0 Å². The maximum absolute atomic E-state index is 12.0. The van der Waals surface area contributed by atoms with Gasteiger partial charge in [-0.15, -0.1) is 0 Å². The van der Waals surface area contributed by atoms with Gasteiger partial charge in [-0.3, -0.25) is 9.48 Å². The van der Waals surface area contributed by atoms with E-state index < -0.39 is 6.10 Å². The predicted octanol–water partition coefficient (Wildman–Crippen LogP) is 2.31. The van der Waals surface area contributed by atoms with E-state index in [-0.39, 0.29) is 18.2 Å². The summed E-state index contributed by atoms with van der Waals surface area (Å²) in [5.74, 6) is -0.236. The van der Waals surface area contributed by atoms with Crippen molar-refractivity contribution in [1.82, 2.24) is 9.78 Å². The Kier molecular flexibility index (Phi) is 4.12. The highest BCUT2D eigenvalue weighted by molar-refractivity contribution is 5.85. The fourth-order valence-electron chi connectivity index (χ4n) is 1.86. The van der Waals surface area contributed by atoms with Gasteiger partial charge < -0.3 is 5.11 Å². The average molecular weight is 258 g/mol. The Morgan fingerprint density at radius 2 is 1.95 bits per heavy atom. The second-order valence-corrected chi connectivity index (χ2v) is 4.84. The van der Waals surface area contributed by atoms with Crippen molar-refractivity contribution in [3.05, 3.63) is 53.9 Å². The first kappa shape index (κ1) is 13.5. The predicted molar refractivity (Wildman–Crippen MR) is 72.7 cm³/mol. The quantitative estimate of drug-likeness (QED) is 0.895. The number of Topliss-reactive ketones (excluding diaryl/α,β-unsaturated/α-hetero) is 1. The lowest BCUT2D eigenvalue weighted by Crippen LogP contribution is -2.15. The second kappa shape index (κ2) is 5.80. The topological polar surface area (TPSA) is 55.1 Å². The first-order valence-corrected chi connectivity index (χ1v) is 6.37. The minimum Gasteiger partial charge on any atom is -0.381 e. The van der Waals surface area contributed by atoms with Crippen LogP contribution in [0.3, 0.4) is 0 Å². The maximum Gasteiger partial charge on any atom is 0.171 e. The van der Waals surface area contributed by atoms with E-state index in [0.29, 0.717) is 11.3 Å². The first-order chi connectivity index (χ1) is 9.08. The van der Waals surface area contributed by atoms with Crippen molar-refractivity contribution in [3.63, 3.8) is 0 Å². The summed E-state index contributed by atoms with van der Waals surface area (Å²) in [7, 11) is 0. The zero-order valence-electron chi connectivity index (χ0n) is 11.2. The van der Waals surface area contributed by atoms with E-state index in [4.69, 9.17) is 0 Å². The number of carbonyl (C=O) groups is 1. The van der Waals surface area contributed by atoms with Gasteiger partial charge >= 0.3 is 0 Å². The van der Waals surface area contributed by atoms with Crippen LogP contribution in [-0.4, -0.2) is 20.7 Å². The van der Waals surface area contributed by atoms with Gasteiger partial charge in [0.05, 0.1) is 12.1 Å². The summed E-state index contributed by atoms with van der Waals surface area (Å²) >= 11 is 0. The number of nitrogens with zero attached hydrogens (tertiary/aromatic N) is 2. The molecule has 4 heteroatoms. The van der Waals surface area contributed by atoms with E-state index >= 15 is 0 Å². The van der Waals surface area contributed by atoms with Crippen molar-refractivity contribution in [2.24, 2.45) is 0 Å². The van der Waals surface area contributed by atoms with Crippen molar-refractivity contribution >= 4 is 5.78 Å². The third-order valence-corrected chi connectivity index (χ3v) is 2.97. The molecule has 0 amide bonds. The van der Waals surface area contributed by atoms with Crippen LogP contribution in [0.15, 0.2) is 42.6 Å². The number of ketones is 1. The molecule has 1 atom stereocenters. The summed E-state index contributed by atoms with van der Waals surface area (Å²) in [4.78, 5) is 12.0. The lowest BCUT2D eigenvalue weighted by Gasteiger charge is -2.09. The minimum atomic E-state index is -1.08. The lowest BCUT2D eigenvalue weighted by atomic mass is 10.0. The molecule has 1 heterocycles.